The zero-order valence-corrected chi connectivity index (χ0v) is 10.5. The number of nitriles is 1. The molecule has 0 unspecified atom stereocenters. The second-order valence-corrected chi connectivity index (χ2v) is 4.30. The maximum absolute atomic E-state index is 13.4. The van der Waals surface area contributed by atoms with E-state index in [9.17, 15) is 8.78 Å². The van der Waals surface area contributed by atoms with Crippen LogP contribution in [0.5, 0.6) is 0 Å². The summed E-state index contributed by atoms with van der Waals surface area (Å²) < 4.78 is 26.4. The van der Waals surface area contributed by atoms with Crippen LogP contribution in [0.1, 0.15) is 11.1 Å². The maximum Gasteiger partial charge on any atom is 0.128 e. The van der Waals surface area contributed by atoms with Crippen molar-refractivity contribution in [2.24, 2.45) is 0 Å². The molecule has 0 aromatic heterocycles. The molecular formula is C14H9ClF2N2. The number of hydrogen-bond donors (Lipinski definition) is 1. The standard InChI is InChI=1S/C14H9ClF2N2/c15-13-3-2-12(6-9(13)7-18)19-8-10-5-11(16)1-4-14(10)17/h1-6,19H,8H2. The normalized spacial score (nSPS) is 10.0. The Bertz CT molecular complexity index is 650. The van der Waals surface area contributed by atoms with Gasteiger partial charge in [0.15, 0.2) is 0 Å². The van der Waals surface area contributed by atoms with Gasteiger partial charge in [-0.2, -0.15) is 5.26 Å². The van der Waals surface area contributed by atoms with E-state index < -0.39 is 11.6 Å². The molecular weight excluding hydrogens is 270 g/mol. The highest BCUT2D eigenvalue weighted by atomic mass is 35.5. The lowest BCUT2D eigenvalue weighted by molar-refractivity contribution is 0.587. The van der Waals surface area contributed by atoms with Gasteiger partial charge in [-0.3, -0.25) is 0 Å². The van der Waals surface area contributed by atoms with Crippen LogP contribution in [0.3, 0.4) is 0 Å². The summed E-state index contributed by atoms with van der Waals surface area (Å²) in [5, 5.41) is 12.1. The summed E-state index contributed by atoms with van der Waals surface area (Å²) in [7, 11) is 0. The second kappa shape index (κ2) is 5.68. The fourth-order valence-electron chi connectivity index (χ4n) is 1.60. The van der Waals surface area contributed by atoms with E-state index in [1.54, 1.807) is 18.2 Å². The molecule has 0 fully saturated rings. The molecule has 19 heavy (non-hydrogen) atoms. The number of anilines is 1. The van der Waals surface area contributed by atoms with E-state index in [0.29, 0.717) is 16.3 Å². The Labute approximate surface area is 114 Å². The summed E-state index contributed by atoms with van der Waals surface area (Å²) in [6, 6.07) is 10.0. The summed E-state index contributed by atoms with van der Waals surface area (Å²) in [5.41, 5.74) is 1.16. The minimum atomic E-state index is -0.493. The van der Waals surface area contributed by atoms with Crippen molar-refractivity contribution in [3.63, 3.8) is 0 Å². The first-order valence-electron chi connectivity index (χ1n) is 5.47. The number of hydrogen-bond acceptors (Lipinski definition) is 2. The minimum Gasteiger partial charge on any atom is -0.381 e. The number of benzene rings is 2. The van der Waals surface area contributed by atoms with Gasteiger partial charge in [-0.25, -0.2) is 8.78 Å². The van der Waals surface area contributed by atoms with E-state index in [0.717, 1.165) is 18.2 Å². The highest BCUT2D eigenvalue weighted by Crippen LogP contribution is 2.20. The van der Waals surface area contributed by atoms with Crippen molar-refractivity contribution in [1.29, 1.82) is 5.26 Å². The fourth-order valence-corrected chi connectivity index (χ4v) is 1.76. The molecule has 0 bridgehead atoms. The van der Waals surface area contributed by atoms with Gasteiger partial charge in [-0.15, -0.1) is 0 Å². The summed E-state index contributed by atoms with van der Waals surface area (Å²) >= 11 is 5.80. The van der Waals surface area contributed by atoms with Crippen LogP contribution in [0.2, 0.25) is 5.02 Å². The first-order chi connectivity index (χ1) is 9.10. The molecule has 0 spiro atoms. The zero-order valence-electron chi connectivity index (χ0n) is 9.75. The second-order valence-electron chi connectivity index (χ2n) is 3.90. The lowest BCUT2D eigenvalue weighted by atomic mass is 10.2. The molecule has 0 aliphatic carbocycles. The third-order valence-electron chi connectivity index (χ3n) is 2.58. The SMILES string of the molecule is N#Cc1cc(NCc2cc(F)ccc2F)ccc1Cl. The van der Waals surface area contributed by atoms with Crippen LogP contribution in [0.15, 0.2) is 36.4 Å². The smallest absolute Gasteiger partial charge is 0.128 e. The zero-order chi connectivity index (χ0) is 13.8. The molecule has 2 aromatic carbocycles. The van der Waals surface area contributed by atoms with Gasteiger partial charge in [0.25, 0.3) is 0 Å². The third-order valence-corrected chi connectivity index (χ3v) is 2.91. The monoisotopic (exact) mass is 278 g/mol. The molecule has 0 aliphatic rings. The van der Waals surface area contributed by atoms with E-state index in [-0.39, 0.29) is 12.1 Å². The van der Waals surface area contributed by atoms with E-state index >= 15 is 0 Å². The number of halogens is 3. The van der Waals surface area contributed by atoms with Gasteiger partial charge in [0.2, 0.25) is 0 Å². The van der Waals surface area contributed by atoms with Gasteiger partial charge >= 0.3 is 0 Å². The van der Waals surface area contributed by atoms with E-state index in [2.05, 4.69) is 5.32 Å². The minimum absolute atomic E-state index is 0.121. The molecule has 2 nitrogen and oxygen atoms in total. The van der Waals surface area contributed by atoms with Crippen molar-refractivity contribution in [2.75, 3.05) is 5.32 Å². The average molecular weight is 279 g/mol. The Morgan fingerprint density at radius 2 is 1.95 bits per heavy atom. The molecule has 0 aliphatic heterocycles. The van der Waals surface area contributed by atoms with Crippen molar-refractivity contribution in [3.05, 3.63) is 64.2 Å². The van der Waals surface area contributed by atoms with Crippen molar-refractivity contribution in [3.8, 4) is 6.07 Å². The number of nitrogens with one attached hydrogen (secondary N) is 1. The molecule has 2 aromatic rings. The van der Waals surface area contributed by atoms with Gasteiger partial charge in [0.1, 0.15) is 17.7 Å². The van der Waals surface area contributed by atoms with Crippen LogP contribution in [-0.2, 0) is 6.54 Å². The molecule has 0 amide bonds. The first kappa shape index (κ1) is 13.3. The Kier molecular flexibility index (Phi) is 3.98. The molecule has 1 N–H and O–H groups in total. The van der Waals surface area contributed by atoms with Gasteiger partial charge in [0, 0.05) is 17.8 Å². The summed E-state index contributed by atoms with van der Waals surface area (Å²) in [6.07, 6.45) is 0. The summed E-state index contributed by atoms with van der Waals surface area (Å²) in [4.78, 5) is 0. The van der Waals surface area contributed by atoms with Gasteiger partial charge < -0.3 is 5.32 Å². The van der Waals surface area contributed by atoms with Crippen LogP contribution < -0.4 is 5.32 Å². The van der Waals surface area contributed by atoms with Crippen LogP contribution in [0.4, 0.5) is 14.5 Å². The van der Waals surface area contributed by atoms with Crippen LogP contribution >= 0.6 is 11.6 Å². The molecule has 0 atom stereocenters. The quantitative estimate of drug-likeness (QED) is 0.917. The number of rotatable bonds is 3. The van der Waals surface area contributed by atoms with Crippen molar-refractivity contribution in [2.45, 2.75) is 6.54 Å². The average Bonchev–Trinajstić information content (AvgIpc) is 2.41. The molecule has 0 saturated carbocycles. The van der Waals surface area contributed by atoms with Crippen LogP contribution in [0.25, 0.3) is 0 Å². The lowest BCUT2D eigenvalue weighted by Crippen LogP contribution is -2.02. The van der Waals surface area contributed by atoms with Gasteiger partial charge in [-0.05, 0) is 36.4 Å². The lowest BCUT2D eigenvalue weighted by Gasteiger charge is -2.08. The summed E-state index contributed by atoms with van der Waals surface area (Å²) in [5.74, 6) is -0.976. The maximum atomic E-state index is 13.4. The molecule has 5 heteroatoms. The highest BCUT2D eigenvalue weighted by molar-refractivity contribution is 6.31. The van der Waals surface area contributed by atoms with Crippen molar-refractivity contribution >= 4 is 17.3 Å². The first-order valence-corrected chi connectivity index (χ1v) is 5.85. The Hall–Kier alpha value is -2.12. The molecule has 2 rings (SSSR count). The van der Waals surface area contributed by atoms with E-state index in [1.165, 1.54) is 0 Å². The third kappa shape index (κ3) is 3.21. The van der Waals surface area contributed by atoms with Crippen molar-refractivity contribution in [1.82, 2.24) is 0 Å². The van der Waals surface area contributed by atoms with Gasteiger partial charge in [0.05, 0.1) is 10.6 Å². The molecule has 96 valence electrons. The van der Waals surface area contributed by atoms with E-state index in [4.69, 9.17) is 16.9 Å². The Morgan fingerprint density at radius 3 is 2.68 bits per heavy atom. The molecule has 0 saturated heterocycles. The molecule has 0 heterocycles. The Balaban J connectivity index is 2.15. The van der Waals surface area contributed by atoms with Crippen LogP contribution in [0, 0.1) is 23.0 Å². The highest BCUT2D eigenvalue weighted by Gasteiger charge is 2.05. The Morgan fingerprint density at radius 1 is 1.16 bits per heavy atom. The number of nitrogens with zero attached hydrogens (tertiary/aromatic N) is 1. The largest absolute Gasteiger partial charge is 0.381 e. The van der Waals surface area contributed by atoms with E-state index in [1.807, 2.05) is 6.07 Å². The summed E-state index contributed by atoms with van der Waals surface area (Å²) in [6.45, 7) is 0.121. The predicted octanol–water partition coefficient (Wildman–Crippen LogP) is 4.10. The predicted molar refractivity (Wildman–Crippen MR) is 69.9 cm³/mol. The van der Waals surface area contributed by atoms with Crippen LogP contribution in [-0.4, -0.2) is 0 Å². The topological polar surface area (TPSA) is 35.8 Å². The molecule has 0 radical (unpaired) electrons. The van der Waals surface area contributed by atoms with Crippen molar-refractivity contribution < 1.29 is 8.78 Å². The fraction of sp³-hybridized carbons (Fsp3) is 0.0714. The van der Waals surface area contributed by atoms with Gasteiger partial charge in [-0.1, -0.05) is 11.6 Å².